The molecule has 0 aliphatic heterocycles. The molecule has 1 unspecified atom stereocenters. The Hall–Kier alpha value is -1.22. The molecule has 0 spiro atoms. The largest absolute Gasteiger partial charge is 0.496 e. The van der Waals surface area contributed by atoms with Crippen LogP contribution in [-0.4, -0.2) is 19.7 Å². The van der Waals surface area contributed by atoms with Gasteiger partial charge in [0.25, 0.3) is 0 Å². The molecule has 0 saturated carbocycles. The summed E-state index contributed by atoms with van der Waals surface area (Å²) >= 11 is 0. The Kier molecular flexibility index (Phi) is 5.99. The molecule has 3 heteroatoms. The van der Waals surface area contributed by atoms with Crippen LogP contribution in [-0.2, 0) is 0 Å². The Balaban J connectivity index is 2.59. The van der Waals surface area contributed by atoms with E-state index >= 15 is 0 Å². The quantitative estimate of drug-likeness (QED) is 0.729. The Labute approximate surface area is 111 Å². The summed E-state index contributed by atoms with van der Waals surface area (Å²) in [5.41, 5.74) is 8.13. The molecule has 1 atom stereocenters. The van der Waals surface area contributed by atoms with Gasteiger partial charge in [0.15, 0.2) is 0 Å². The number of benzene rings is 1. The summed E-state index contributed by atoms with van der Waals surface area (Å²) in [6, 6.07) is 6.56. The molecule has 1 aromatic rings. The normalized spacial score (nSPS) is 12.6. The van der Waals surface area contributed by atoms with Crippen molar-refractivity contribution in [2.75, 3.05) is 19.0 Å². The van der Waals surface area contributed by atoms with Crippen molar-refractivity contribution in [1.29, 1.82) is 0 Å². The molecule has 0 heterocycles. The molecule has 0 fully saturated rings. The number of nitrogens with two attached hydrogens (primary N) is 1. The molecule has 1 aromatic carbocycles. The van der Waals surface area contributed by atoms with Gasteiger partial charge in [0.1, 0.15) is 5.75 Å². The molecule has 0 aromatic heterocycles. The maximum atomic E-state index is 5.73. The van der Waals surface area contributed by atoms with E-state index < -0.39 is 0 Å². The van der Waals surface area contributed by atoms with Crippen molar-refractivity contribution in [3.63, 3.8) is 0 Å². The minimum atomic E-state index is 0.286. The van der Waals surface area contributed by atoms with Crippen LogP contribution in [0.1, 0.15) is 45.1 Å². The highest BCUT2D eigenvalue weighted by molar-refractivity contribution is 5.52. The number of ether oxygens (including phenoxy) is 1. The zero-order valence-corrected chi connectivity index (χ0v) is 12.0. The Bertz CT molecular complexity index is 362. The molecule has 1 rings (SSSR count). The Morgan fingerprint density at radius 3 is 2.56 bits per heavy atom. The second-order valence-corrected chi connectivity index (χ2v) is 5.16. The van der Waals surface area contributed by atoms with Gasteiger partial charge in [-0.05, 0) is 49.4 Å². The van der Waals surface area contributed by atoms with E-state index in [-0.39, 0.29) is 6.04 Å². The van der Waals surface area contributed by atoms with E-state index in [0.717, 1.165) is 30.8 Å². The zero-order valence-electron chi connectivity index (χ0n) is 12.0. The number of anilines is 1. The van der Waals surface area contributed by atoms with Crippen molar-refractivity contribution in [3.05, 3.63) is 23.8 Å². The van der Waals surface area contributed by atoms with Gasteiger partial charge in [0.2, 0.25) is 0 Å². The third kappa shape index (κ3) is 4.57. The molecule has 102 valence electrons. The van der Waals surface area contributed by atoms with Crippen LogP contribution in [0.5, 0.6) is 5.75 Å². The number of methoxy groups -OCH3 is 1. The molecule has 3 nitrogen and oxygen atoms in total. The van der Waals surface area contributed by atoms with Crippen molar-refractivity contribution < 1.29 is 4.74 Å². The van der Waals surface area contributed by atoms with Crippen LogP contribution in [0.15, 0.2) is 18.2 Å². The van der Waals surface area contributed by atoms with Crippen LogP contribution in [0.3, 0.4) is 0 Å². The highest BCUT2D eigenvalue weighted by Crippen LogP contribution is 2.29. The first-order chi connectivity index (χ1) is 8.54. The maximum absolute atomic E-state index is 5.73. The summed E-state index contributed by atoms with van der Waals surface area (Å²) < 4.78 is 5.37. The van der Waals surface area contributed by atoms with Gasteiger partial charge in [0, 0.05) is 18.3 Å². The fraction of sp³-hybridized carbons (Fsp3) is 0.600. The molecule has 0 amide bonds. The third-order valence-corrected chi connectivity index (χ3v) is 3.02. The first-order valence-corrected chi connectivity index (χ1v) is 6.72. The van der Waals surface area contributed by atoms with Crippen LogP contribution >= 0.6 is 0 Å². The molecular formula is C15H26N2O. The van der Waals surface area contributed by atoms with Crippen molar-refractivity contribution in [2.24, 2.45) is 5.73 Å². The van der Waals surface area contributed by atoms with E-state index in [9.17, 15) is 0 Å². The fourth-order valence-corrected chi connectivity index (χ4v) is 1.95. The lowest BCUT2D eigenvalue weighted by atomic mass is 10.0. The second kappa shape index (κ2) is 7.27. The van der Waals surface area contributed by atoms with Crippen LogP contribution in [0.2, 0.25) is 0 Å². The van der Waals surface area contributed by atoms with Crippen LogP contribution in [0.4, 0.5) is 5.69 Å². The molecule has 3 N–H and O–H groups in total. The first kappa shape index (κ1) is 14.8. The number of hydrogen-bond donors (Lipinski definition) is 2. The maximum Gasteiger partial charge on any atom is 0.122 e. The number of nitrogens with one attached hydrogen (secondary N) is 1. The average Bonchev–Trinajstić information content (AvgIpc) is 2.34. The number of rotatable bonds is 7. The number of hydrogen-bond acceptors (Lipinski definition) is 3. The molecule has 0 radical (unpaired) electrons. The molecular weight excluding hydrogens is 224 g/mol. The fourth-order valence-electron chi connectivity index (χ4n) is 1.95. The Morgan fingerprint density at radius 2 is 2.00 bits per heavy atom. The monoisotopic (exact) mass is 250 g/mol. The molecule has 0 saturated heterocycles. The highest BCUT2D eigenvalue weighted by atomic mass is 16.5. The molecule has 0 aliphatic rings. The van der Waals surface area contributed by atoms with Crippen molar-refractivity contribution in [1.82, 2.24) is 0 Å². The topological polar surface area (TPSA) is 47.3 Å². The van der Waals surface area contributed by atoms with Gasteiger partial charge in [-0.2, -0.15) is 0 Å². The van der Waals surface area contributed by atoms with Gasteiger partial charge in [-0.15, -0.1) is 0 Å². The summed E-state index contributed by atoms with van der Waals surface area (Å²) in [6.45, 7) is 7.37. The van der Waals surface area contributed by atoms with Crippen LogP contribution in [0.25, 0.3) is 0 Å². The van der Waals surface area contributed by atoms with E-state index in [4.69, 9.17) is 10.5 Å². The van der Waals surface area contributed by atoms with Gasteiger partial charge in [0.05, 0.1) is 7.11 Å². The van der Waals surface area contributed by atoms with E-state index in [0.29, 0.717) is 5.92 Å². The standard InChI is InChI=1S/C15H26N2O/c1-11(2)14-10-13(7-8-15(14)18-4)17-9-5-6-12(3)16/h7-8,10-12,17H,5-6,9,16H2,1-4H3. The Morgan fingerprint density at radius 1 is 1.28 bits per heavy atom. The predicted molar refractivity (Wildman–Crippen MR) is 78.5 cm³/mol. The SMILES string of the molecule is COc1ccc(NCCCC(C)N)cc1C(C)C. The van der Waals surface area contributed by atoms with Crippen molar-refractivity contribution in [3.8, 4) is 5.75 Å². The van der Waals surface area contributed by atoms with Crippen LogP contribution < -0.4 is 15.8 Å². The van der Waals surface area contributed by atoms with Gasteiger partial charge >= 0.3 is 0 Å². The van der Waals surface area contributed by atoms with Crippen molar-refractivity contribution >= 4 is 5.69 Å². The van der Waals surface area contributed by atoms with E-state index in [1.807, 2.05) is 13.0 Å². The van der Waals surface area contributed by atoms with Crippen LogP contribution in [0, 0.1) is 0 Å². The minimum absolute atomic E-state index is 0.286. The summed E-state index contributed by atoms with van der Waals surface area (Å²) in [5.74, 6) is 1.43. The lowest BCUT2D eigenvalue weighted by molar-refractivity contribution is 0.407. The third-order valence-electron chi connectivity index (χ3n) is 3.02. The lowest BCUT2D eigenvalue weighted by Crippen LogP contribution is -2.16. The summed E-state index contributed by atoms with van der Waals surface area (Å²) in [7, 11) is 1.72. The minimum Gasteiger partial charge on any atom is -0.496 e. The summed E-state index contributed by atoms with van der Waals surface area (Å²) in [6.07, 6.45) is 2.15. The smallest absolute Gasteiger partial charge is 0.122 e. The molecule has 0 aliphatic carbocycles. The highest BCUT2D eigenvalue weighted by Gasteiger charge is 2.08. The predicted octanol–water partition coefficient (Wildman–Crippen LogP) is 3.36. The van der Waals surface area contributed by atoms with E-state index in [1.54, 1.807) is 7.11 Å². The lowest BCUT2D eigenvalue weighted by Gasteiger charge is -2.14. The van der Waals surface area contributed by atoms with E-state index in [1.165, 1.54) is 5.56 Å². The summed E-state index contributed by atoms with van der Waals surface area (Å²) in [4.78, 5) is 0. The second-order valence-electron chi connectivity index (χ2n) is 5.16. The van der Waals surface area contributed by atoms with Gasteiger partial charge in [-0.1, -0.05) is 13.8 Å². The zero-order chi connectivity index (χ0) is 13.5. The van der Waals surface area contributed by atoms with Gasteiger partial charge < -0.3 is 15.8 Å². The first-order valence-electron chi connectivity index (χ1n) is 6.72. The average molecular weight is 250 g/mol. The van der Waals surface area contributed by atoms with E-state index in [2.05, 4.69) is 31.3 Å². The van der Waals surface area contributed by atoms with Crippen molar-refractivity contribution in [2.45, 2.75) is 45.6 Å². The molecule has 18 heavy (non-hydrogen) atoms. The summed E-state index contributed by atoms with van der Waals surface area (Å²) in [5, 5.41) is 3.44. The molecule has 0 bridgehead atoms. The van der Waals surface area contributed by atoms with Gasteiger partial charge in [-0.25, -0.2) is 0 Å². The van der Waals surface area contributed by atoms with Gasteiger partial charge in [-0.3, -0.25) is 0 Å².